The van der Waals surface area contributed by atoms with E-state index in [9.17, 15) is 4.79 Å². The van der Waals surface area contributed by atoms with E-state index in [4.69, 9.17) is 14.2 Å². The zero-order valence-electron chi connectivity index (χ0n) is 22.7. The van der Waals surface area contributed by atoms with Crippen LogP contribution < -0.4 is 9.47 Å². The highest BCUT2D eigenvalue weighted by atomic mass is 16.6. The zero-order valence-corrected chi connectivity index (χ0v) is 22.7. The molecule has 1 amide bonds. The molecule has 1 unspecified atom stereocenters. The molecule has 3 aromatic rings. The molecule has 1 fully saturated rings. The molecular formula is C32H38N2O4. The molecule has 38 heavy (non-hydrogen) atoms. The molecular weight excluding hydrogens is 476 g/mol. The highest BCUT2D eigenvalue weighted by molar-refractivity contribution is 5.81. The van der Waals surface area contributed by atoms with Crippen molar-refractivity contribution in [3.05, 3.63) is 83.4 Å². The van der Waals surface area contributed by atoms with Crippen molar-refractivity contribution in [1.29, 1.82) is 0 Å². The molecule has 5 rings (SSSR count). The second kappa shape index (κ2) is 12.0. The van der Waals surface area contributed by atoms with Crippen molar-refractivity contribution < 1.29 is 19.0 Å². The molecule has 2 heterocycles. The monoisotopic (exact) mass is 514 g/mol. The summed E-state index contributed by atoms with van der Waals surface area (Å²) in [5, 5.41) is 0. The van der Waals surface area contributed by atoms with Gasteiger partial charge in [-0.2, -0.15) is 0 Å². The molecule has 0 saturated carbocycles. The molecule has 0 spiro atoms. The number of carbonyl (C=O) groups excluding carboxylic acids is 1. The van der Waals surface area contributed by atoms with Crippen LogP contribution in [0.2, 0.25) is 0 Å². The third-order valence-electron chi connectivity index (χ3n) is 7.12. The van der Waals surface area contributed by atoms with E-state index in [2.05, 4.69) is 74.2 Å². The molecule has 6 heteroatoms. The summed E-state index contributed by atoms with van der Waals surface area (Å²) in [6.45, 7) is 11.5. The van der Waals surface area contributed by atoms with E-state index in [1.165, 1.54) is 22.3 Å². The molecule has 200 valence electrons. The first-order valence-corrected chi connectivity index (χ1v) is 13.6. The lowest BCUT2D eigenvalue weighted by Gasteiger charge is -2.35. The van der Waals surface area contributed by atoms with Crippen LogP contribution in [0.5, 0.6) is 11.5 Å². The minimum absolute atomic E-state index is 0.0492. The van der Waals surface area contributed by atoms with E-state index in [0.29, 0.717) is 45.4 Å². The van der Waals surface area contributed by atoms with Crippen LogP contribution in [0.1, 0.15) is 30.5 Å². The average molecular weight is 515 g/mol. The van der Waals surface area contributed by atoms with E-state index in [-0.39, 0.29) is 5.91 Å². The van der Waals surface area contributed by atoms with Gasteiger partial charge in [-0.15, -0.1) is 0 Å². The minimum atomic E-state index is -0.467. The third-order valence-corrected chi connectivity index (χ3v) is 7.12. The summed E-state index contributed by atoms with van der Waals surface area (Å²) in [6.07, 6.45) is -0.467. The van der Waals surface area contributed by atoms with Gasteiger partial charge in [0.1, 0.15) is 19.3 Å². The maximum absolute atomic E-state index is 13.7. The van der Waals surface area contributed by atoms with Crippen molar-refractivity contribution in [3.63, 3.8) is 0 Å². The number of hydrogen-bond donors (Lipinski definition) is 0. The molecule has 2 aliphatic heterocycles. The highest BCUT2D eigenvalue weighted by Crippen LogP contribution is 2.31. The van der Waals surface area contributed by atoms with E-state index >= 15 is 0 Å². The first-order valence-electron chi connectivity index (χ1n) is 13.6. The Bertz CT molecular complexity index is 1240. The summed E-state index contributed by atoms with van der Waals surface area (Å²) in [5.41, 5.74) is 6.04. The Morgan fingerprint density at radius 3 is 2.45 bits per heavy atom. The Morgan fingerprint density at radius 2 is 1.68 bits per heavy atom. The van der Waals surface area contributed by atoms with Gasteiger partial charge in [0.25, 0.3) is 5.91 Å². The Kier molecular flexibility index (Phi) is 8.30. The van der Waals surface area contributed by atoms with Crippen LogP contribution in [-0.4, -0.2) is 61.3 Å². The first-order chi connectivity index (χ1) is 18.5. The van der Waals surface area contributed by atoms with Crippen molar-refractivity contribution in [2.45, 2.75) is 40.0 Å². The van der Waals surface area contributed by atoms with E-state index in [0.717, 1.165) is 30.2 Å². The number of fused-ring (bicyclic) bond motifs is 1. The van der Waals surface area contributed by atoms with Crippen LogP contribution in [-0.2, 0) is 22.6 Å². The molecule has 0 radical (unpaired) electrons. The standard InChI is InChI=1S/C32H38N2O4/c1-23(2)19-34(21-26-10-13-29-30(18-26)38-17-16-37-29)32(35)31-22-33(14-15-36-31)20-25-8-11-27(12-9-25)28-7-5-4-6-24(28)3/h4-13,18,23,31H,14-17,19-22H2,1-3H3. The minimum Gasteiger partial charge on any atom is -0.486 e. The largest absolute Gasteiger partial charge is 0.486 e. The van der Waals surface area contributed by atoms with Crippen LogP contribution in [0.4, 0.5) is 0 Å². The topological polar surface area (TPSA) is 51.2 Å². The van der Waals surface area contributed by atoms with Crippen LogP contribution in [0, 0.1) is 12.8 Å². The van der Waals surface area contributed by atoms with Gasteiger partial charge in [-0.25, -0.2) is 0 Å². The Hall–Kier alpha value is -3.35. The van der Waals surface area contributed by atoms with Gasteiger partial charge in [-0.1, -0.05) is 68.4 Å². The number of rotatable bonds is 8. The van der Waals surface area contributed by atoms with Gasteiger partial charge >= 0.3 is 0 Å². The number of nitrogens with zero attached hydrogens (tertiary/aromatic N) is 2. The second-order valence-electron chi connectivity index (χ2n) is 10.7. The quantitative estimate of drug-likeness (QED) is 0.407. The van der Waals surface area contributed by atoms with Crippen molar-refractivity contribution in [2.75, 3.05) is 39.5 Å². The van der Waals surface area contributed by atoms with Crippen molar-refractivity contribution in [3.8, 4) is 22.6 Å². The zero-order chi connectivity index (χ0) is 26.5. The van der Waals surface area contributed by atoms with E-state index < -0.39 is 6.10 Å². The molecule has 6 nitrogen and oxygen atoms in total. The predicted molar refractivity (Wildman–Crippen MR) is 149 cm³/mol. The van der Waals surface area contributed by atoms with Gasteiger partial charge in [0, 0.05) is 32.7 Å². The van der Waals surface area contributed by atoms with Gasteiger partial charge in [0.15, 0.2) is 11.5 Å². The van der Waals surface area contributed by atoms with Crippen LogP contribution in [0.25, 0.3) is 11.1 Å². The summed E-state index contributed by atoms with van der Waals surface area (Å²) in [6, 6.07) is 23.2. The lowest BCUT2D eigenvalue weighted by atomic mass is 9.99. The maximum Gasteiger partial charge on any atom is 0.253 e. The third kappa shape index (κ3) is 6.37. The lowest BCUT2D eigenvalue weighted by molar-refractivity contribution is -0.151. The summed E-state index contributed by atoms with van der Waals surface area (Å²) in [5.74, 6) is 1.91. The molecule has 1 saturated heterocycles. The first kappa shape index (κ1) is 26.3. The fraction of sp³-hybridized carbons (Fsp3) is 0.406. The van der Waals surface area contributed by atoms with Gasteiger partial charge < -0.3 is 19.1 Å². The highest BCUT2D eigenvalue weighted by Gasteiger charge is 2.31. The number of aryl methyl sites for hydroxylation is 1. The van der Waals surface area contributed by atoms with E-state index in [1.54, 1.807) is 0 Å². The van der Waals surface area contributed by atoms with Crippen LogP contribution >= 0.6 is 0 Å². The SMILES string of the molecule is Cc1ccccc1-c1ccc(CN2CCOC(C(=O)N(Cc3ccc4c(c3)OCCO4)CC(C)C)C2)cc1. The Balaban J connectivity index is 1.23. The predicted octanol–water partition coefficient (Wildman–Crippen LogP) is 5.32. The van der Waals surface area contributed by atoms with Crippen molar-refractivity contribution >= 4 is 5.91 Å². The number of carbonyl (C=O) groups is 1. The molecule has 0 aliphatic carbocycles. The van der Waals surface area contributed by atoms with Crippen LogP contribution in [0.3, 0.4) is 0 Å². The summed E-state index contributed by atoms with van der Waals surface area (Å²) in [4.78, 5) is 17.9. The Labute approximate surface area is 226 Å². The number of ether oxygens (including phenoxy) is 3. The number of morpholine rings is 1. The molecule has 0 aromatic heterocycles. The van der Waals surface area contributed by atoms with Gasteiger partial charge in [-0.3, -0.25) is 9.69 Å². The fourth-order valence-electron chi connectivity index (χ4n) is 5.22. The van der Waals surface area contributed by atoms with E-state index in [1.807, 2.05) is 23.1 Å². The van der Waals surface area contributed by atoms with Crippen molar-refractivity contribution in [2.24, 2.45) is 5.92 Å². The van der Waals surface area contributed by atoms with Crippen molar-refractivity contribution in [1.82, 2.24) is 9.80 Å². The van der Waals surface area contributed by atoms with Crippen LogP contribution in [0.15, 0.2) is 66.7 Å². The normalized spacial score (nSPS) is 17.4. The average Bonchev–Trinajstić information content (AvgIpc) is 2.93. The Morgan fingerprint density at radius 1 is 0.947 bits per heavy atom. The number of benzene rings is 3. The molecule has 2 aliphatic rings. The molecule has 0 N–H and O–H groups in total. The smallest absolute Gasteiger partial charge is 0.253 e. The summed E-state index contributed by atoms with van der Waals surface area (Å²) >= 11 is 0. The molecule has 0 bridgehead atoms. The van der Waals surface area contributed by atoms with Gasteiger partial charge in [0.2, 0.25) is 0 Å². The van der Waals surface area contributed by atoms with Gasteiger partial charge in [-0.05, 0) is 52.8 Å². The number of amides is 1. The number of hydrogen-bond acceptors (Lipinski definition) is 5. The second-order valence-corrected chi connectivity index (χ2v) is 10.7. The van der Waals surface area contributed by atoms with Gasteiger partial charge in [0.05, 0.1) is 6.61 Å². The fourth-order valence-corrected chi connectivity index (χ4v) is 5.22. The lowest BCUT2D eigenvalue weighted by Crippen LogP contribution is -2.51. The molecule has 1 atom stereocenters. The molecule has 3 aromatic carbocycles. The maximum atomic E-state index is 13.7. The summed E-state index contributed by atoms with van der Waals surface area (Å²) < 4.78 is 17.4. The summed E-state index contributed by atoms with van der Waals surface area (Å²) in [7, 11) is 0.